The van der Waals surface area contributed by atoms with E-state index in [0.717, 1.165) is 19.3 Å². The number of carbonyl (C=O) groups excluding carboxylic acids is 1. The van der Waals surface area contributed by atoms with Crippen LogP contribution in [0, 0.1) is 11.3 Å². The van der Waals surface area contributed by atoms with Gasteiger partial charge in [0.15, 0.2) is 0 Å². The fraction of sp³-hybridized carbons (Fsp3) is 0.571. The predicted octanol–water partition coefficient (Wildman–Crippen LogP) is 2.94. The molecule has 0 radical (unpaired) electrons. The molecule has 5 nitrogen and oxygen atoms in total. The first-order chi connectivity index (χ1) is 9.58. The number of rotatable bonds is 7. The number of thiophene rings is 1. The molecule has 1 heterocycles. The number of nitrogen functional groups attached to an aromatic ring is 1. The van der Waals surface area contributed by atoms with Gasteiger partial charge in [0.25, 0.3) is 5.91 Å². The summed E-state index contributed by atoms with van der Waals surface area (Å²) in [6, 6.07) is 2.38. The Balaban J connectivity index is 3.03. The number of hydrogen-bond acceptors (Lipinski definition) is 5. The van der Waals surface area contributed by atoms with Crippen molar-refractivity contribution in [1.29, 1.82) is 5.26 Å². The number of nitrogens with two attached hydrogens (primary N) is 1. The highest BCUT2D eigenvalue weighted by atomic mass is 32.1. The van der Waals surface area contributed by atoms with Crippen molar-refractivity contribution in [2.24, 2.45) is 0 Å². The molecule has 110 valence electrons. The summed E-state index contributed by atoms with van der Waals surface area (Å²) in [7, 11) is 0. The predicted molar refractivity (Wildman–Crippen MR) is 84.1 cm³/mol. The number of hydrogen-bond donors (Lipinski definition) is 3. The maximum Gasteiger partial charge on any atom is 0.263 e. The van der Waals surface area contributed by atoms with E-state index in [1.165, 1.54) is 11.3 Å². The summed E-state index contributed by atoms with van der Waals surface area (Å²) in [6.45, 7) is 6.75. The van der Waals surface area contributed by atoms with Crippen LogP contribution in [0.4, 0.5) is 10.7 Å². The first-order valence-corrected chi connectivity index (χ1v) is 7.77. The lowest BCUT2D eigenvalue weighted by Crippen LogP contribution is -2.23. The molecule has 0 spiro atoms. The minimum Gasteiger partial charge on any atom is -0.396 e. The van der Waals surface area contributed by atoms with Crippen molar-refractivity contribution in [3.8, 4) is 6.07 Å². The van der Waals surface area contributed by atoms with Crippen molar-refractivity contribution in [1.82, 2.24) is 5.32 Å². The van der Waals surface area contributed by atoms with E-state index in [-0.39, 0.29) is 17.6 Å². The van der Waals surface area contributed by atoms with Crippen LogP contribution in [0.5, 0.6) is 0 Å². The van der Waals surface area contributed by atoms with Crippen LogP contribution < -0.4 is 16.4 Å². The SMILES string of the molecule is CCCNC(=O)c1sc(NC(CC)CC)c(C#N)c1N. The molecule has 0 unspecified atom stereocenters. The lowest BCUT2D eigenvalue weighted by molar-refractivity contribution is 0.0958. The molecule has 6 heteroatoms. The van der Waals surface area contributed by atoms with Gasteiger partial charge in [0.1, 0.15) is 21.5 Å². The van der Waals surface area contributed by atoms with Gasteiger partial charge in [0.2, 0.25) is 0 Å². The molecule has 0 aromatic carbocycles. The topological polar surface area (TPSA) is 90.9 Å². The van der Waals surface area contributed by atoms with Crippen molar-refractivity contribution in [3.05, 3.63) is 10.4 Å². The van der Waals surface area contributed by atoms with Gasteiger partial charge in [-0.15, -0.1) is 11.3 Å². The second-order valence-corrected chi connectivity index (χ2v) is 5.60. The Labute approximate surface area is 124 Å². The normalized spacial score (nSPS) is 10.3. The van der Waals surface area contributed by atoms with Crippen LogP contribution in [-0.2, 0) is 0 Å². The van der Waals surface area contributed by atoms with E-state index < -0.39 is 0 Å². The van der Waals surface area contributed by atoms with Gasteiger partial charge >= 0.3 is 0 Å². The molecule has 0 saturated carbocycles. The Bertz CT molecular complexity index is 500. The molecular formula is C14H22N4OS. The third kappa shape index (κ3) is 3.64. The zero-order valence-electron chi connectivity index (χ0n) is 12.2. The van der Waals surface area contributed by atoms with E-state index in [1.807, 2.05) is 6.92 Å². The lowest BCUT2D eigenvalue weighted by atomic mass is 10.1. The van der Waals surface area contributed by atoms with Crippen molar-refractivity contribution in [2.75, 3.05) is 17.6 Å². The van der Waals surface area contributed by atoms with Crippen LogP contribution in [0.3, 0.4) is 0 Å². The Kier molecular flexibility index (Phi) is 6.32. The Morgan fingerprint density at radius 1 is 1.40 bits per heavy atom. The van der Waals surface area contributed by atoms with Crippen LogP contribution >= 0.6 is 11.3 Å². The minimum atomic E-state index is -0.205. The third-order valence-corrected chi connectivity index (χ3v) is 4.26. The van der Waals surface area contributed by atoms with E-state index in [2.05, 4.69) is 30.6 Å². The first kappa shape index (κ1) is 16.3. The van der Waals surface area contributed by atoms with E-state index in [1.54, 1.807) is 0 Å². The number of nitrogens with one attached hydrogen (secondary N) is 2. The van der Waals surface area contributed by atoms with Gasteiger partial charge in [-0.2, -0.15) is 5.26 Å². The number of amides is 1. The van der Waals surface area contributed by atoms with Crippen LogP contribution in [0.15, 0.2) is 0 Å². The fourth-order valence-electron chi connectivity index (χ4n) is 1.82. The van der Waals surface area contributed by atoms with Gasteiger partial charge < -0.3 is 16.4 Å². The minimum absolute atomic E-state index is 0.205. The first-order valence-electron chi connectivity index (χ1n) is 6.95. The molecule has 1 aromatic rings. The molecule has 1 amide bonds. The van der Waals surface area contributed by atoms with Crippen molar-refractivity contribution >= 4 is 27.9 Å². The fourth-order valence-corrected chi connectivity index (χ4v) is 2.89. The van der Waals surface area contributed by atoms with Crippen molar-refractivity contribution in [3.63, 3.8) is 0 Å². The monoisotopic (exact) mass is 294 g/mol. The molecule has 0 fully saturated rings. The molecule has 0 aliphatic rings. The average molecular weight is 294 g/mol. The number of nitriles is 1. The smallest absolute Gasteiger partial charge is 0.263 e. The highest BCUT2D eigenvalue weighted by Crippen LogP contribution is 2.35. The highest BCUT2D eigenvalue weighted by molar-refractivity contribution is 7.18. The van der Waals surface area contributed by atoms with Gasteiger partial charge in [-0.3, -0.25) is 4.79 Å². The molecular weight excluding hydrogens is 272 g/mol. The van der Waals surface area contributed by atoms with Crippen LogP contribution in [-0.4, -0.2) is 18.5 Å². The number of anilines is 2. The van der Waals surface area contributed by atoms with E-state index in [9.17, 15) is 10.1 Å². The van der Waals surface area contributed by atoms with Gasteiger partial charge in [0, 0.05) is 12.6 Å². The summed E-state index contributed by atoms with van der Waals surface area (Å²) in [6.07, 6.45) is 2.77. The summed E-state index contributed by atoms with van der Waals surface area (Å²) in [4.78, 5) is 12.4. The van der Waals surface area contributed by atoms with Crippen molar-refractivity contribution < 1.29 is 4.79 Å². The second kappa shape index (κ2) is 7.75. The molecule has 0 saturated heterocycles. The zero-order chi connectivity index (χ0) is 15.1. The summed E-state index contributed by atoms with van der Waals surface area (Å²) in [5, 5.41) is 16.0. The van der Waals surface area contributed by atoms with Gasteiger partial charge in [0.05, 0.1) is 5.69 Å². The zero-order valence-corrected chi connectivity index (χ0v) is 13.1. The maximum absolute atomic E-state index is 12.0. The summed E-state index contributed by atoms with van der Waals surface area (Å²) in [5.74, 6) is -0.205. The molecule has 4 N–H and O–H groups in total. The quantitative estimate of drug-likeness (QED) is 0.721. The molecule has 20 heavy (non-hydrogen) atoms. The van der Waals surface area contributed by atoms with Crippen LogP contribution in [0.25, 0.3) is 0 Å². The van der Waals surface area contributed by atoms with E-state index in [4.69, 9.17) is 5.73 Å². The van der Waals surface area contributed by atoms with Crippen LogP contribution in [0.2, 0.25) is 0 Å². The molecule has 0 atom stereocenters. The van der Waals surface area contributed by atoms with E-state index >= 15 is 0 Å². The Morgan fingerprint density at radius 3 is 2.55 bits per heavy atom. The van der Waals surface area contributed by atoms with Gasteiger partial charge in [-0.05, 0) is 19.3 Å². The second-order valence-electron chi connectivity index (χ2n) is 4.57. The molecule has 0 bridgehead atoms. The summed E-state index contributed by atoms with van der Waals surface area (Å²) >= 11 is 1.26. The maximum atomic E-state index is 12.0. The number of carbonyl (C=O) groups is 1. The van der Waals surface area contributed by atoms with Crippen LogP contribution in [0.1, 0.15) is 55.3 Å². The standard InChI is InChI=1S/C14H22N4OS/c1-4-7-17-13(19)12-11(16)10(8-15)14(20-12)18-9(5-2)6-3/h9,18H,4-7,16H2,1-3H3,(H,17,19). The highest BCUT2D eigenvalue weighted by Gasteiger charge is 2.21. The lowest BCUT2D eigenvalue weighted by Gasteiger charge is -2.14. The Hall–Kier alpha value is -1.74. The Morgan fingerprint density at radius 2 is 2.05 bits per heavy atom. The summed E-state index contributed by atoms with van der Waals surface area (Å²) < 4.78 is 0. The summed E-state index contributed by atoms with van der Waals surface area (Å²) in [5.41, 5.74) is 6.59. The van der Waals surface area contributed by atoms with Gasteiger partial charge in [-0.1, -0.05) is 20.8 Å². The molecule has 1 rings (SSSR count). The molecule has 1 aromatic heterocycles. The van der Waals surface area contributed by atoms with E-state index in [0.29, 0.717) is 22.0 Å². The largest absolute Gasteiger partial charge is 0.396 e. The average Bonchev–Trinajstić information content (AvgIpc) is 2.77. The van der Waals surface area contributed by atoms with Gasteiger partial charge in [-0.25, -0.2) is 0 Å². The molecule has 0 aliphatic carbocycles. The molecule has 0 aliphatic heterocycles. The third-order valence-electron chi connectivity index (χ3n) is 3.12. The number of nitrogens with zero attached hydrogens (tertiary/aromatic N) is 1. The van der Waals surface area contributed by atoms with Crippen molar-refractivity contribution in [2.45, 2.75) is 46.1 Å².